The molecule has 0 saturated carbocycles. The number of halogens is 6. The molecule has 0 unspecified atom stereocenters. The number of hydrogen-bond acceptors (Lipinski definition) is 1. The Morgan fingerprint density at radius 3 is 2.38 bits per heavy atom. The van der Waals surface area contributed by atoms with Crippen LogP contribution in [-0.4, -0.2) is 0 Å². The zero-order valence-corrected chi connectivity index (χ0v) is 11.1. The molecule has 0 saturated heterocycles. The smallest absolute Gasteiger partial charge is 0.416 e. The summed E-state index contributed by atoms with van der Waals surface area (Å²) in [5.74, 6) is -3.51. The summed E-state index contributed by atoms with van der Waals surface area (Å²) in [6.07, 6.45) is -4.62. The number of alkyl halides is 4. The van der Waals surface area contributed by atoms with E-state index in [9.17, 15) is 22.0 Å². The second-order valence-corrected chi connectivity index (χ2v) is 4.37. The van der Waals surface area contributed by atoms with Gasteiger partial charge in [-0.1, -0.05) is 12.1 Å². The van der Waals surface area contributed by atoms with Gasteiger partial charge in [0.2, 0.25) is 5.82 Å². The van der Waals surface area contributed by atoms with Crippen molar-refractivity contribution in [2.75, 3.05) is 0 Å². The van der Waals surface area contributed by atoms with Crippen molar-refractivity contribution in [1.29, 1.82) is 0 Å². The Balaban J connectivity index is 2.40. The zero-order valence-electron chi connectivity index (χ0n) is 10.3. The van der Waals surface area contributed by atoms with Crippen molar-refractivity contribution < 1.29 is 26.7 Å². The molecule has 0 aromatic heterocycles. The highest BCUT2D eigenvalue weighted by atomic mass is 35.5. The van der Waals surface area contributed by atoms with E-state index >= 15 is 0 Å². The normalized spacial score (nSPS) is 11.5. The lowest BCUT2D eigenvalue weighted by molar-refractivity contribution is -0.138. The van der Waals surface area contributed by atoms with Crippen LogP contribution in [0.15, 0.2) is 36.4 Å². The molecule has 0 amide bonds. The molecule has 21 heavy (non-hydrogen) atoms. The van der Waals surface area contributed by atoms with Crippen molar-refractivity contribution in [2.45, 2.75) is 12.1 Å². The van der Waals surface area contributed by atoms with Gasteiger partial charge in [0.1, 0.15) is 5.75 Å². The summed E-state index contributed by atoms with van der Waals surface area (Å²) in [6.45, 7) is 0. The zero-order chi connectivity index (χ0) is 15.6. The van der Waals surface area contributed by atoms with Crippen LogP contribution < -0.4 is 4.74 Å². The largest absolute Gasteiger partial charge is 0.454 e. The van der Waals surface area contributed by atoms with Gasteiger partial charge in [0, 0.05) is 5.88 Å². The molecule has 0 radical (unpaired) electrons. The fourth-order valence-corrected chi connectivity index (χ4v) is 1.92. The molecule has 0 bridgehead atoms. The Bertz CT molecular complexity index is 654. The molecule has 0 aliphatic heterocycles. The molecule has 0 heterocycles. The minimum absolute atomic E-state index is 0.128. The number of rotatable bonds is 3. The molecule has 0 aliphatic rings. The lowest BCUT2D eigenvalue weighted by Crippen LogP contribution is -2.08. The van der Waals surface area contributed by atoms with Crippen molar-refractivity contribution >= 4 is 11.6 Å². The molecule has 0 spiro atoms. The van der Waals surface area contributed by atoms with Gasteiger partial charge in [-0.25, -0.2) is 4.39 Å². The first-order valence-corrected chi connectivity index (χ1v) is 6.24. The Hall–Kier alpha value is -1.82. The van der Waals surface area contributed by atoms with Crippen LogP contribution in [0.4, 0.5) is 22.0 Å². The fraction of sp³-hybridized carbons (Fsp3) is 0.143. The van der Waals surface area contributed by atoms with Crippen LogP contribution in [-0.2, 0) is 12.1 Å². The molecule has 1 nitrogen and oxygen atoms in total. The summed E-state index contributed by atoms with van der Waals surface area (Å²) in [7, 11) is 0. The van der Waals surface area contributed by atoms with E-state index in [-0.39, 0.29) is 17.2 Å². The Morgan fingerprint density at radius 1 is 1.05 bits per heavy atom. The van der Waals surface area contributed by atoms with Gasteiger partial charge < -0.3 is 4.74 Å². The maximum absolute atomic E-state index is 13.4. The Labute approximate surface area is 121 Å². The van der Waals surface area contributed by atoms with Crippen molar-refractivity contribution in [3.63, 3.8) is 0 Å². The van der Waals surface area contributed by atoms with Crippen LogP contribution in [0, 0.1) is 11.6 Å². The van der Waals surface area contributed by atoms with E-state index in [1.54, 1.807) is 0 Å². The maximum atomic E-state index is 13.4. The quantitative estimate of drug-likeness (QED) is 0.534. The van der Waals surface area contributed by atoms with Crippen molar-refractivity contribution in [1.82, 2.24) is 0 Å². The predicted molar refractivity (Wildman–Crippen MR) is 67.4 cm³/mol. The van der Waals surface area contributed by atoms with E-state index < -0.39 is 29.1 Å². The van der Waals surface area contributed by atoms with Gasteiger partial charge in [0.15, 0.2) is 11.6 Å². The minimum Gasteiger partial charge on any atom is -0.454 e. The van der Waals surface area contributed by atoms with Crippen LogP contribution >= 0.6 is 11.6 Å². The van der Waals surface area contributed by atoms with Crippen molar-refractivity contribution in [3.05, 3.63) is 59.2 Å². The molecule has 0 N–H and O–H groups in total. The molecular weight excluding hydrogens is 315 g/mol. The third-order valence-corrected chi connectivity index (χ3v) is 2.96. The van der Waals surface area contributed by atoms with Crippen LogP contribution in [0.5, 0.6) is 11.5 Å². The SMILES string of the molecule is Fc1cccc(Oc2ccc(CCl)c(C(F)(F)F)c2)c1F. The molecule has 7 heteroatoms. The van der Waals surface area contributed by atoms with E-state index in [4.69, 9.17) is 16.3 Å². The molecule has 112 valence electrons. The topological polar surface area (TPSA) is 9.23 Å². The summed E-state index contributed by atoms with van der Waals surface area (Å²) in [6, 6.07) is 6.20. The third kappa shape index (κ3) is 3.44. The average Bonchev–Trinajstić information content (AvgIpc) is 2.43. The average molecular weight is 323 g/mol. The molecule has 2 aromatic carbocycles. The van der Waals surface area contributed by atoms with E-state index in [2.05, 4.69) is 0 Å². The highest BCUT2D eigenvalue weighted by molar-refractivity contribution is 6.17. The molecule has 0 fully saturated rings. The van der Waals surface area contributed by atoms with Gasteiger partial charge in [-0.15, -0.1) is 11.6 Å². The number of ether oxygens (including phenoxy) is 1. The Kier molecular flexibility index (Phi) is 4.37. The van der Waals surface area contributed by atoms with Crippen LogP contribution in [0.25, 0.3) is 0 Å². The summed E-state index contributed by atoms with van der Waals surface area (Å²) in [5.41, 5.74) is -1.11. The number of hydrogen-bond donors (Lipinski definition) is 0. The van der Waals surface area contributed by atoms with Crippen LogP contribution in [0.2, 0.25) is 0 Å². The van der Waals surface area contributed by atoms with Gasteiger partial charge in [-0.3, -0.25) is 0 Å². The van der Waals surface area contributed by atoms with Gasteiger partial charge in [0.25, 0.3) is 0 Å². The predicted octanol–water partition coefficient (Wildman–Crippen LogP) is 5.51. The summed E-state index contributed by atoms with van der Waals surface area (Å²) in [4.78, 5) is 0. The summed E-state index contributed by atoms with van der Waals surface area (Å²) in [5, 5.41) is 0. The lowest BCUT2D eigenvalue weighted by atomic mass is 10.1. The fourth-order valence-electron chi connectivity index (χ4n) is 1.69. The monoisotopic (exact) mass is 322 g/mol. The third-order valence-electron chi connectivity index (χ3n) is 2.67. The highest BCUT2D eigenvalue weighted by Crippen LogP contribution is 2.36. The number of benzene rings is 2. The summed E-state index contributed by atoms with van der Waals surface area (Å²) < 4.78 is 70.0. The van der Waals surface area contributed by atoms with Crippen LogP contribution in [0.1, 0.15) is 11.1 Å². The standard InChI is InChI=1S/C14H8ClF5O/c15-7-8-4-5-9(6-10(8)14(18,19)20)21-12-3-1-2-11(16)13(12)17/h1-6H,7H2. The van der Waals surface area contributed by atoms with Gasteiger partial charge in [-0.05, 0) is 29.8 Å². The first-order chi connectivity index (χ1) is 9.82. The van der Waals surface area contributed by atoms with Gasteiger partial charge in [0.05, 0.1) is 5.56 Å². The molecule has 2 aromatic rings. The van der Waals surface area contributed by atoms with Gasteiger partial charge >= 0.3 is 6.18 Å². The molecule has 0 aliphatic carbocycles. The first kappa shape index (κ1) is 15.6. The van der Waals surface area contributed by atoms with Crippen molar-refractivity contribution in [3.8, 4) is 11.5 Å². The summed E-state index contributed by atoms with van der Waals surface area (Å²) >= 11 is 5.45. The van der Waals surface area contributed by atoms with Gasteiger partial charge in [-0.2, -0.15) is 17.6 Å². The van der Waals surface area contributed by atoms with E-state index in [1.807, 2.05) is 0 Å². The molecule has 0 atom stereocenters. The highest BCUT2D eigenvalue weighted by Gasteiger charge is 2.33. The van der Waals surface area contributed by atoms with E-state index in [0.717, 1.165) is 18.2 Å². The van der Waals surface area contributed by atoms with Crippen molar-refractivity contribution in [2.24, 2.45) is 0 Å². The second kappa shape index (κ2) is 5.89. The molecule has 2 rings (SSSR count). The first-order valence-electron chi connectivity index (χ1n) is 5.71. The minimum atomic E-state index is -4.62. The lowest BCUT2D eigenvalue weighted by Gasteiger charge is -2.14. The van der Waals surface area contributed by atoms with Crippen LogP contribution in [0.3, 0.4) is 0 Å². The van der Waals surface area contributed by atoms with E-state index in [1.165, 1.54) is 12.1 Å². The molecular formula is C14H8ClF5O. The van der Waals surface area contributed by atoms with E-state index in [0.29, 0.717) is 6.07 Å². The maximum Gasteiger partial charge on any atom is 0.416 e. The second-order valence-electron chi connectivity index (χ2n) is 4.10. The Morgan fingerprint density at radius 2 is 1.76 bits per heavy atom.